The molecule has 0 aliphatic heterocycles. The second-order valence-electron chi connectivity index (χ2n) is 3.86. The van der Waals surface area contributed by atoms with Crippen molar-refractivity contribution in [2.75, 3.05) is 0 Å². The second kappa shape index (κ2) is 4.33. The standard InChI is InChI=1S/C12H11BrN2O2/c1-7-3-9(4-8(2)11(7)13)15-5-10(12(16)17)14-6-15/h3-6H,1-2H3,(H,16,17). The van der Waals surface area contributed by atoms with Gasteiger partial charge in [-0.3, -0.25) is 0 Å². The van der Waals surface area contributed by atoms with Gasteiger partial charge in [-0.05, 0) is 37.1 Å². The number of carboxylic acid groups (broad SMARTS) is 1. The highest BCUT2D eigenvalue weighted by Crippen LogP contribution is 2.24. The van der Waals surface area contributed by atoms with Crippen molar-refractivity contribution in [3.8, 4) is 5.69 Å². The molecule has 1 heterocycles. The zero-order chi connectivity index (χ0) is 12.6. The van der Waals surface area contributed by atoms with Gasteiger partial charge in [-0.25, -0.2) is 9.78 Å². The highest BCUT2D eigenvalue weighted by molar-refractivity contribution is 9.10. The normalized spacial score (nSPS) is 10.5. The van der Waals surface area contributed by atoms with E-state index in [0.29, 0.717) is 0 Å². The molecule has 0 atom stereocenters. The lowest BCUT2D eigenvalue weighted by atomic mass is 10.1. The van der Waals surface area contributed by atoms with E-state index in [1.807, 2.05) is 26.0 Å². The van der Waals surface area contributed by atoms with Crippen LogP contribution in [-0.4, -0.2) is 20.6 Å². The summed E-state index contributed by atoms with van der Waals surface area (Å²) >= 11 is 3.50. The molecule has 2 rings (SSSR count). The Kier molecular flexibility index (Phi) is 3.02. The molecule has 0 unspecified atom stereocenters. The van der Waals surface area contributed by atoms with Crippen LogP contribution in [0, 0.1) is 13.8 Å². The van der Waals surface area contributed by atoms with E-state index in [1.54, 1.807) is 4.57 Å². The molecular weight excluding hydrogens is 284 g/mol. The van der Waals surface area contributed by atoms with Crippen molar-refractivity contribution in [2.24, 2.45) is 0 Å². The Morgan fingerprint density at radius 2 is 1.94 bits per heavy atom. The van der Waals surface area contributed by atoms with Crippen LogP contribution in [0.3, 0.4) is 0 Å². The molecule has 4 nitrogen and oxygen atoms in total. The fraction of sp³-hybridized carbons (Fsp3) is 0.167. The number of hydrogen-bond acceptors (Lipinski definition) is 2. The minimum Gasteiger partial charge on any atom is -0.476 e. The van der Waals surface area contributed by atoms with Crippen LogP contribution in [0.15, 0.2) is 29.1 Å². The van der Waals surface area contributed by atoms with Gasteiger partial charge < -0.3 is 9.67 Å². The lowest BCUT2D eigenvalue weighted by molar-refractivity contribution is 0.0691. The van der Waals surface area contributed by atoms with E-state index >= 15 is 0 Å². The maximum Gasteiger partial charge on any atom is 0.356 e. The number of carboxylic acids is 1. The number of nitrogens with zero attached hydrogens (tertiary/aromatic N) is 2. The van der Waals surface area contributed by atoms with Crippen molar-refractivity contribution in [3.05, 3.63) is 46.0 Å². The van der Waals surface area contributed by atoms with E-state index in [4.69, 9.17) is 5.11 Å². The van der Waals surface area contributed by atoms with Gasteiger partial charge in [-0.2, -0.15) is 0 Å². The smallest absolute Gasteiger partial charge is 0.356 e. The quantitative estimate of drug-likeness (QED) is 0.926. The Balaban J connectivity index is 2.49. The van der Waals surface area contributed by atoms with E-state index in [0.717, 1.165) is 21.3 Å². The van der Waals surface area contributed by atoms with Gasteiger partial charge in [0.1, 0.15) is 6.33 Å². The molecule has 0 saturated heterocycles. The minimum atomic E-state index is -1.02. The summed E-state index contributed by atoms with van der Waals surface area (Å²) in [6, 6.07) is 3.95. The molecule has 0 spiro atoms. The first kappa shape index (κ1) is 11.9. The predicted molar refractivity (Wildman–Crippen MR) is 67.7 cm³/mol. The third kappa shape index (κ3) is 2.24. The van der Waals surface area contributed by atoms with E-state index < -0.39 is 5.97 Å². The van der Waals surface area contributed by atoms with Gasteiger partial charge in [0.25, 0.3) is 0 Å². The van der Waals surface area contributed by atoms with Crippen LogP contribution >= 0.6 is 15.9 Å². The van der Waals surface area contributed by atoms with E-state index in [2.05, 4.69) is 20.9 Å². The van der Waals surface area contributed by atoms with Crippen LogP contribution in [0.25, 0.3) is 5.69 Å². The van der Waals surface area contributed by atoms with Crippen molar-refractivity contribution in [1.29, 1.82) is 0 Å². The summed E-state index contributed by atoms with van der Waals surface area (Å²) in [5, 5.41) is 8.82. The van der Waals surface area contributed by atoms with Gasteiger partial charge >= 0.3 is 5.97 Å². The zero-order valence-electron chi connectivity index (χ0n) is 9.44. The van der Waals surface area contributed by atoms with E-state index in [-0.39, 0.29) is 5.69 Å². The van der Waals surface area contributed by atoms with Crippen LogP contribution in [0.2, 0.25) is 0 Å². The number of aromatic nitrogens is 2. The van der Waals surface area contributed by atoms with Crippen LogP contribution in [0.5, 0.6) is 0 Å². The topological polar surface area (TPSA) is 55.1 Å². The summed E-state index contributed by atoms with van der Waals surface area (Å²) < 4.78 is 2.77. The summed E-state index contributed by atoms with van der Waals surface area (Å²) in [4.78, 5) is 14.6. The second-order valence-corrected chi connectivity index (χ2v) is 4.66. The molecule has 88 valence electrons. The van der Waals surface area contributed by atoms with Crippen molar-refractivity contribution < 1.29 is 9.90 Å². The number of rotatable bonds is 2. The summed E-state index contributed by atoms with van der Waals surface area (Å²) in [6.45, 7) is 3.99. The fourth-order valence-electron chi connectivity index (χ4n) is 1.65. The average Bonchev–Trinajstić information content (AvgIpc) is 2.74. The fourth-order valence-corrected chi connectivity index (χ4v) is 1.88. The molecule has 0 bridgehead atoms. The molecule has 0 radical (unpaired) electrons. The largest absolute Gasteiger partial charge is 0.476 e. The SMILES string of the molecule is Cc1cc(-n2cnc(C(=O)O)c2)cc(C)c1Br. The maximum absolute atomic E-state index is 10.8. The highest BCUT2D eigenvalue weighted by Gasteiger charge is 2.09. The van der Waals surface area contributed by atoms with Gasteiger partial charge in [0.2, 0.25) is 0 Å². The Bertz CT molecular complexity index is 567. The molecule has 17 heavy (non-hydrogen) atoms. The zero-order valence-corrected chi connectivity index (χ0v) is 11.0. The summed E-state index contributed by atoms with van der Waals surface area (Å²) in [5.41, 5.74) is 3.16. The number of halogens is 1. The lowest BCUT2D eigenvalue weighted by Gasteiger charge is -2.08. The van der Waals surface area contributed by atoms with Crippen LogP contribution in [0.4, 0.5) is 0 Å². The van der Waals surface area contributed by atoms with Crippen LogP contribution in [-0.2, 0) is 0 Å². The van der Waals surface area contributed by atoms with E-state index in [1.165, 1.54) is 12.5 Å². The molecule has 0 aliphatic carbocycles. The third-order valence-electron chi connectivity index (χ3n) is 2.52. The number of aryl methyl sites for hydroxylation is 2. The summed E-state index contributed by atoms with van der Waals surface area (Å²) in [7, 11) is 0. The molecule has 0 amide bonds. The van der Waals surface area contributed by atoms with Crippen molar-refractivity contribution >= 4 is 21.9 Å². The molecular formula is C12H11BrN2O2. The Morgan fingerprint density at radius 1 is 1.35 bits per heavy atom. The Morgan fingerprint density at radius 3 is 2.41 bits per heavy atom. The van der Waals surface area contributed by atoms with Gasteiger partial charge in [-0.15, -0.1) is 0 Å². The van der Waals surface area contributed by atoms with E-state index in [9.17, 15) is 4.79 Å². The molecule has 5 heteroatoms. The highest BCUT2D eigenvalue weighted by atomic mass is 79.9. The summed E-state index contributed by atoms with van der Waals surface area (Å²) in [6.07, 6.45) is 3.01. The average molecular weight is 295 g/mol. The van der Waals surface area contributed by atoms with Gasteiger partial charge in [-0.1, -0.05) is 15.9 Å². The molecule has 1 aromatic heterocycles. The Hall–Kier alpha value is -1.62. The maximum atomic E-state index is 10.8. The first-order chi connectivity index (χ1) is 7.99. The Labute approximate surface area is 107 Å². The molecule has 2 aromatic rings. The molecule has 0 aliphatic rings. The number of aromatic carboxylic acids is 1. The monoisotopic (exact) mass is 294 g/mol. The first-order valence-electron chi connectivity index (χ1n) is 5.03. The van der Waals surface area contributed by atoms with Crippen LogP contribution < -0.4 is 0 Å². The van der Waals surface area contributed by atoms with Gasteiger partial charge in [0, 0.05) is 16.4 Å². The van der Waals surface area contributed by atoms with Gasteiger partial charge in [0.05, 0.1) is 0 Å². The van der Waals surface area contributed by atoms with Crippen molar-refractivity contribution in [3.63, 3.8) is 0 Å². The lowest BCUT2D eigenvalue weighted by Crippen LogP contribution is -1.96. The molecule has 0 fully saturated rings. The first-order valence-corrected chi connectivity index (χ1v) is 5.82. The van der Waals surface area contributed by atoms with Crippen LogP contribution in [0.1, 0.15) is 21.6 Å². The van der Waals surface area contributed by atoms with Crippen molar-refractivity contribution in [2.45, 2.75) is 13.8 Å². The number of carbonyl (C=O) groups is 1. The number of hydrogen-bond donors (Lipinski definition) is 1. The molecule has 0 saturated carbocycles. The third-order valence-corrected chi connectivity index (χ3v) is 3.77. The number of benzene rings is 1. The van der Waals surface area contributed by atoms with Crippen molar-refractivity contribution in [1.82, 2.24) is 9.55 Å². The summed E-state index contributed by atoms with van der Waals surface area (Å²) in [5.74, 6) is -1.02. The molecule has 1 N–H and O–H groups in total. The minimum absolute atomic E-state index is 0.0447. The molecule has 1 aromatic carbocycles. The van der Waals surface area contributed by atoms with Gasteiger partial charge in [0.15, 0.2) is 5.69 Å². The number of imidazole rings is 1. The predicted octanol–water partition coefficient (Wildman–Crippen LogP) is 2.95.